The van der Waals surface area contributed by atoms with E-state index in [2.05, 4.69) is 0 Å². The Balaban J connectivity index is 2.09. The van der Waals surface area contributed by atoms with Gasteiger partial charge in [-0.3, -0.25) is 4.79 Å². The molecule has 0 aliphatic heterocycles. The van der Waals surface area contributed by atoms with E-state index in [0.717, 1.165) is 16.3 Å². The molecule has 0 aliphatic rings. The molecule has 0 aromatic heterocycles. The van der Waals surface area contributed by atoms with Gasteiger partial charge in [0, 0.05) is 7.11 Å². The van der Waals surface area contributed by atoms with Crippen LogP contribution in [0.4, 0.5) is 0 Å². The van der Waals surface area contributed by atoms with E-state index in [4.69, 9.17) is 9.47 Å². The zero-order valence-electron chi connectivity index (χ0n) is 10.4. The quantitative estimate of drug-likeness (QED) is 0.599. The van der Waals surface area contributed by atoms with Crippen molar-refractivity contribution in [3.8, 4) is 0 Å². The van der Waals surface area contributed by atoms with Gasteiger partial charge < -0.3 is 9.47 Å². The number of hydrogen-bond acceptors (Lipinski definition) is 3. The molecule has 0 N–H and O–H groups in total. The minimum Gasteiger partial charge on any atom is -0.463 e. The van der Waals surface area contributed by atoms with Crippen molar-refractivity contribution in [3.63, 3.8) is 0 Å². The van der Waals surface area contributed by atoms with E-state index >= 15 is 0 Å². The van der Waals surface area contributed by atoms with Crippen molar-refractivity contribution in [3.05, 3.63) is 48.0 Å². The molecule has 0 aliphatic carbocycles. The summed E-state index contributed by atoms with van der Waals surface area (Å²) in [6.45, 7) is 0.737. The zero-order chi connectivity index (χ0) is 12.8. The molecule has 0 bridgehead atoms. The number of fused-ring (bicyclic) bond motifs is 1. The number of methoxy groups -OCH3 is 1. The van der Waals surface area contributed by atoms with E-state index in [1.807, 2.05) is 42.5 Å². The predicted molar refractivity (Wildman–Crippen MR) is 70.5 cm³/mol. The Morgan fingerprint density at radius 2 is 1.83 bits per heavy atom. The fraction of sp³-hybridized carbons (Fsp3) is 0.267. The van der Waals surface area contributed by atoms with Crippen molar-refractivity contribution >= 4 is 16.7 Å². The summed E-state index contributed by atoms with van der Waals surface area (Å²) < 4.78 is 9.91. The van der Waals surface area contributed by atoms with Gasteiger partial charge in [-0.05, 0) is 16.3 Å². The molecule has 2 aromatic rings. The molecular weight excluding hydrogens is 228 g/mol. The first kappa shape index (κ1) is 12.6. The van der Waals surface area contributed by atoms with E-state index in [1.165, 1.54) is 0 Å². The molecule has 0 amide bonds. The molecular formula is C15H16O3. The maximum Gasteiger partial charge on any atom is 0.310 e. The van der Waals surface area contributed by atoms with Crippen molar-refractivity contribution in [2.45, 2.75) is 6.42 Å². The van der Waals surface area contributed by atoms with E-state index in [1.54, 1.807) is 7.11 Å². The second kappa shape index (κ2) is 6.17. The van der Waals surface area contributed by atoms with Crippen LogP contribution in [0.15, 0.2) is 42.5 Å². The van der Waals surface area contributed by atoms with E-state index < -0.39 is 0 Å². The van der Waals surface area contributed by atoms with Gasteiger partial charge in [0.2, 0.25) is 0 Å². The van der Waals surface area contributed by atoms with Crippen molar-refractivity contribution in [1.29, 1.82) is 0 Å². The number of ether oxygens (including phenoxy) is 2. The first-order valence-corrected chi connectivity index (χ1v) is 5.92. The first-order valence-electron chi connectivity index (χ1n) is 5.92. The highest BCUT2D eigenvalue weighted by Crippen LogP contribution is 2.19. The van der Waals surface area contributed by atoms with Crippen molar-refractivity contribution in [2.75, 3.05) is 20.3 Å². The van der Waals surface area contributed by atoms with Crippen molar-refractivity contribution in [1.82, 2.24) is 0 Å². The monoisotopic (exact) mass is 244 g/mol. The normalized spacial score (nSPS) is 10.5. The van der Waals surface area contributed by atoms with Crippen LogP contribution >= 0.6 is 0 Å². The third kappa shape index (κ3) is 3.08. The molecule has 3 heteroatoms. The Bertz CT molecular complexity index is 529. The Morgan fingerprint density at radius 1 is 1.06 bits per heavy atom. The number of benzene rings is 2. The first-order chi connectivity index (χ1) is 8.81. The van der Waals surface area contributed by atoms with Gasteiger partial charge in [-0.1, -0.05) is 42.5 Å². The van der Waals surface area contributed by atoms with Gasteiger partial charge in [-0.2, -0.15) is 0 Å². The predicted octanol–water partition coefficient (Wildman–Crippen LogP) is 2.57. The van der Waals surface area contributed by atoms with Gasteiger partial charge in [-0.15, -0.1) is 0 Å². The summed E-state index contributed by atoms with van der Waals surface area (Å²) >= 11 is 0. The number of hydrogen-bond donors (Lipinski definition) is 0. The summed E-state index contributed by atoms with van der Waals surface area (Å²) in [5.41, 5.74) is 0.996. The summed E-state index contributed by atoms with van der Waals surface area (Å²) in [6, 6.07) is 14.0. The highest BCUT2D eigenvalue weighted by molar-refractivity contribution is 5.88. The Labute approximate surface area is 106 Å². The summed E-state index contributed by atoms with van der Waals surface area (Å²) in [5, 5.41) is 2.24. The summed E-state index contributed by atoms with van der Waals surface area (Å²) in [7, 11) is 1.58. The van der Waals surface area contributed by atoms with Crippen LogP contribution in [0.3, 0.4) is 0 Å². The largest absolute Gasteiger partial charge is 0.463 e. The third-order valence-corrected chi connectivity index (χ3v) is 2.77. The second-order valence-corrected chi connectivity index (χ2v) is 4.03. The third-order valence-electron chi connectivity index (χ3n) is 2.77. The fourth-order valence-electron chi connectivity index (χ4n) is 1.89. The molecule has 0 fully saturated rings. The van der Waals surface area contributed by atoms with Crippen LogP contribution in [-0.2, 0) is 20.7 Å². The van der Waals surface area contributed by atoms with Gasteiger partial charge >= 0.3 is 5.97 Å². The van der Waals surface area contributed by atoms with E-state index in [-0.39, 0.29) is 5.97 Å². The number of carbonyl (C=O) groups excluding carboxylic acids is 1. The van der Waals surface area contributed by atoms with Gasteiger partial charge in [0.1, 0.15) is 6.61 Å². The average molecular weight is 244 g/mol. The zero-order valence-corrected chi connectivity index (χ0v) is 10.4. The van der Waals surface area contributed by atoms with E-state index in [0.29, 0.717) is 19.6 Å². The topological polar surface area (TPSA) is 35.5 Å². The molecule has 2 aromatic carbocycles. The molecule has 0 heterocycles. The summed E-state index contributed by atoms with van der Waals surface area (Å²) in [6.07, 6.45) is 0.297. The Morgan fingerprint density at radius 3 is 2.67 bits per heavy atom. The van der Waals surface area contributed by atoms with Crippen LogP contribution in [-0.4, -0.2) is 26.3 Å². The molecule has 0 spiro atoms. The molecule has 0 saturated heterocycles. The molecule has 2 rings (SSSR count). The molecule has 94 valence electrons. The lowest BCUT2D eigenvalue weighted by Gasteiger charge is -2.07. The van der Waals surface area contributed by atoms with Gasteiger partial charge in [-0.25, -0.2) is 0 Å². The summed E-state index contributed by atoms with van der Waals surface area (Å²) in [5.74, 6) is -0.219. The molecule has 0 radical (unpaired) electrons. The lowest BCUT2D eigenvalue weighted by Crippen LogP contribution is -2.12. The van der Waals surface area contributed by atoms with Gasteiger partial charge in [0.05, 0.1) is 13.0 Å². The fourth-order valence-corrected chi connectivity index (χ4v) is 1.89. The van der Waals surface area contributed by atoms with Crippen LogP contribution in [0.5, 0.6) is 0 Å². The maximum atomic E-state index is 11.7. The van der Waals surface area contributed by atoms with Crippen molar-refractivity contribution < 1.29 is 14.3 Å². The number of carbonyl (C=O) groups is 1. The molecule has 0 unspecified atom stereocenters. The standard InChI is InChI=1S/C15H16O3/c1-17-9-10-18-15(16)11-13-7-4-6-12-5-2-3-8-14(12)13/h2-8H,9-11H2,1H3. The maximum absolute atomic E-state index is 11.7. The van der Waals surface area contributed by atoms with Crippen LogP contribution in [0, 0.1) is 0 Å². The minimum atomic E-state index is -0.219. The van der Waals surface area contributed by atoms with Crippen LogP contribution in [0.2, 0.25) is 0 Å². The SMILES string of the molecule is COCCOC(=O)Cc1cccc2ccccc12. The highest BCUT2D eigenvalue weighted by Gasteiger charge is 2.07. The number of rotatable bonds is 5. The number of esters is 1. The highest BCUT2D eigenvalue weighted by atomic mass is 16.6. The van der Waals surface area contributed by atoms with Crippen LogP contribution < -0.4 is 0 Å². The second-order valence-electron chi connectivity index (χ2n) is 4.03. The van der Waals surface area contributed by atoms with Gasteiger partial charge in [0.15, 0.2) is 0 Å². The van der Waals surface area contributed by atoms with E-state index in [9.17, 15) is 4.79 Å². The smallest absolute Gasteiger partial charge is 0.310 e. The molecule has 18 heavy (non-hydrogen) atoms. The lowest BCUT2D eigenvalue weighted by atomic mass is 10.0. The molecule has 3 nitrogen and oxygen atoms in total. The Kier molecular flexibility index (Phi) is 4.31. The van der Waals surface area contributed by atoms with Gasteiger partial charge in [0.25, 0.3) is 0 Å². The van der Waals surface area contributed by atoms with Crippen molar-refractivity contribution in [2.24, 2.45) is 0 Å². The Hall–Kier alpha value is -1.87. The van der Waals surface area contributed by atoms with Crippen LogP contribution in [0.1, 0.15) is 5.56 Å². The summed E-state index contributed by atoms with van der Waals surface area (Å²) in [4.78, 5) is 11.7. The molecule has 0 saturated carbocycles. The average Bonchev–Trinajstić information content (AvgIpc) is 2.39. The molecule has 0 atom stereocenters. The van der Waals surface area contributed by atoms with Crippen LogP contribution in [0.25, 0.3) is 10.8 Å². The minimum absolute atomic E-state index is 0.219. The lowest BCUT2D eigenvalue weighted by molar-refractivity contribution is -0.144.